The maximum absolute atomic E-state index is 12.6. The fraction of sp³-hybridized carbons (Fsp3) is 0.579. The van der Waals surface area contributed by atoms with E-state index < -0.39 is 17.7 Å². The van der Waals surface area contributed by atoms with E-state index in [1.54, 1.807) is 4.90 Å². The number of hydrogen-bond acceptors (Lipinski definition) is 3. The van der Waals surface area contributed by atoms with Crippen molar-refractivity contribution in [2.75, 3.05) is 6.54 Å². The molecule has 6 heteroatoms. The number of likely N-dealkylation sites (tertiary alicyclic amines) is 1. The van der Waals surface area contributed by atoms with Gasteiger partial charge in [-0.25, -0.2) is 4.79 Å². The SMILES string of the molecule is CC(C)(C)OC(=O)N1CCC[C@H]1C(=O)N[C@@H]1C[C@H]1c1ccccc1Cl. The van der Waals surface area contributed by atoms with Gasteiger partial charge in [-0.1, -0.05) is 29.8 Å². The number of hydrogen-bond donors (Lipinski definition) is 1. The van der Waals surface area contributed by atoms with Gasteiger partial charge in [-0.05, 0) is 51.7 Å². The summed E-state index contributed by atoms with van der Waals surface area (Å²) < 4.78 is 5.42. The zero-order valence-electron chi connectivity index (χ0n) is 14.9. The molecule has 2 fully saturated rings. The predicted octanol–water partition coefficient (Wildman–Crippen LogP) is 3.71. The van der Waals surface area contributed by atoms with Gasteiger partial charge < -0.3 is 10.1 Å². The molecule has 3 atom stereocenters. The van der Waals surface area contributed by atoms with Gasteiger partial charge in [-0.2, -0.15) is 0 Å². The Labute approximate surface area is 153 Å². The van der Waals surface area contributed by atoms with E-state index in [-0.39, 0.29) is 17.9 Å². The Morgan fingerprint density at radius 3 is 2.68 bits per heavy atom. The Morgan fingerprint density at radius 2 is 2.00 bits per heavy atom. The maximum Gasteiger partial charge on any atom is 0.410 e. The van der Waals surface area contributed by atoms with Crippen LogP contribution in [0.1, 0.15) is 51.5 Å². The van der Waals surface area contributed by atoms with E-state index in [4.69, 9.17) is 16.3 Å². The highest BCUT2D eigenvalue weighted by Gasteiger charge is 2.43. The standard InChI is InChI=1S/C19H25ClN2O3/c1-19(2,3)25-18(24)22-10-6-9-16(22)17(23)21-15-11-13(15)12-7-4-5-8-14(12)20/h4-5,7-8,13,15-16H,6,9-11H2,1-3H3,(H,21,23)/t13-,15+,16-/m0/s1. The van der Waals surface area contributed by atoms with Crippen molar-refractivity contribution in [3.8, 4) is 0 Å². The molecule has 1 aromatic rings. The molecule has 0 bridgehead atoms. The topological polar surface area (TPSA) is 58.6 Å². The Balaban J connectivity index is 1.58. The van der Waals surface area contributed by atoms with E-state index in [9.17, 15) is 9.59 Å². The van der Waals surface area contributed by atoms with E-state index in [0.29, 0.717) is 13.0 Å². The molecule has 3 rings (SSSR count). The van der Waals surface area contributed by atoms with Crippen molar-refractivity contribution in [2.24, 2.45) is 0 Å². The first-order chi connectivity index (χ1) is 11.8. The second-order valence-electron chi connectivity index (χ2n) is 7.81. The third-order valence-corrected chi connectivity index (χ3v) is 4.95. The molecule has 1 saturated heterocycles. The van der Waals surface area contributed by atoms with Crippen LogP contribution in [0.5, 0.6) is 0 Å². The summed E-state index contributed by atoms with van der Waals surface area (Å²) in [5.41, 5.74) is 0.511. The molecule has 0 spiro atoms. The largest absolute Gasteiger partial charge is 0.444 e. The van der Waals surface area contributed by atoms with Crippen LogP contribution >= 0.6 is 11.6 Å². The fourth-order valence-corrected chi connectivity index (χ4v) is 3.61. The van der Waals surface area contributed by atoms with Crippen LogP contribution in [0.15, 0.2) is 24.3 Å². The van der Waals surface area contributed by atoms with Gasteiger partial charge in [-0.15, -0.1) is 0 Å². The minimum atomic E-state index is -0.563. The van der Waals surface area contributed by atoms with Crippen LogP contribution in [0.2, 0.25) is 5.02 Å². The van der Waals surface area contributed by atoms with Crippen LogP contribution in [0, 0.1) is 0 Å². The quantitative estimate of drug-likeness (QED) is 0.889. The summed E-state index contributed by atoms with van der Waals surface area (Å²) in [5.74, 6) is 0.164. The van der Waals surface area contributed by atoms with Crippen LogP contribution in [-0.4, -0.2) is 41.1 Å². The summed E-state index contributed by atoms with van der Waals surface area (Å²) in [6.07, 6.45) is 1.96. The first kappa shape index (κ1) is 18.1. The van der Waals surface area contributed by atoms with Crippen LogP contribution in [0.3, 0.4) is 0 Å². The molecular formula is C19H25ClN2O3. The van der Waals surface area contributed by atoms with Gasteiger partial charge >= 0.3 is 6.09 Å². The van der Waals surface area contributed by atoms with Gasteiger partial charge in [0.05, 0.1) is 0 Å². The van der Waals surface area contributed by atoms with E-state index >= 15 is 0 Å². The molecule has 1 aromatic carbocycles. The second kappa shape index (κ2) is 6.87. The summed E-state index contributed by atoms with van der Waals surface area (Å²) in [4.78, 5) is 26.5. The highest BCUT2D eigenvalue weighted by atomic mass is 35.5. The molecule has 1 N–H and O–H groups in total. The van der Waals surface area contributed by atoms with Gasteiger partial charge in [0, 0.05) is 23.5 Å². The van der Waals surface area contributed by atoms with Gasteiger partial charge in [0.2, 0.25) is 5.91 Å². The smallest absolute Gasteiger partial charge is 0.410 e. The van der Waals surface area contributed by atoms with Crippen molar-refractivity contribution in [3.63, 3.8) is 0 Å². The number of ether oxygens (including phenoxy) is 1. The predicted molar refractivity (Wildman–Crippen MR) is 96.7 cm³/mol. The van der Waals surface area contributed by atoms with Gasteiger partial charge in [0.1, 0.15) is 11.6 Å². The number of carbonyl (C=O) groups is 2. The summed E-state index contributed by atoms with van der Waals surface area (Å²) in [6.45, 7) is 6.04. The molecule has 1 heterocycles. The Kier molecular flexibility index (Phi) is 4.96. The van der Waals surface area contributed by atoms with Crippen molar-refractivity contribution in [3.05, 3.63) is 34.9 Å². The average molecular weight is 365 g/mol. The summed E-state index contributed by atoms with van der Waals surface area (Å²) >= 11 is 6.23. The highest BCUT2D eigenvalue weighted by Crippen LogP contribution is 2.43. The van der Waals surface area contributed by atoms with Crippen molar-refractivity contribution in [1.82, 2.24) is 10.2 Å². The zero-order chi connectivity index (χ0) is 18.2. The number of nitrogens with one attached hydrogen (secondary N) is 1. The van der Waals surface area contributed by atoms with Gasteiger partial charge in [-0.3, -0.25) is 9.69 Å². The van der Waals surface area contributed by atoms with Crippen molar-refractivity contribution in [1.29, 1.82) is 0 Å². The molecule has 1 aliphatic heterocycles. The van der Waals surface area contributed by atoms with Crippen LogP contribution < -0.4 is 5.32 Å². The van der Waals surface area contributed by atoms with Crippen LogP contribution in [-0.2, 0) is 9.53 Å². The number of nitrogens with zero attached hydrogens (tertiary/aromatic N) is 1. The summed E-state index contributed by atoms with van der Waals surface area (Å²) in [5, 5.41) is 3.81. The van der Waals surface area contributed by atoms with Crippen LogP contribution in [0.4, 0.5) is 4.79 Å². The van der Waals surface area contributed by atoms with Crippen molar-refractivity contribution >= 4 is 23.6 Å². The highest BCUT2D eigenvalue weighted by molar-refractivity contribution is 6.31. The third-order valence-electron chi connectivity index (χ3n) is 4.61. The van der Waals surface area contributed by atoms with Crippen molar-refractivity contribution in [2.45, 2.75) is 63.6 Å². The first-order valence-electron chi connectivity index (χ1n) is 8.80. The number of carbonyl (C=O) groups excluding carboxylic acids is 2. The molecule has 0 unspecified atom stereocenters. The van der Waals surface area contributed by atoms with E-state index in [1.165, 1.54) is 0 Å². The lowest BCUT2D eigenvalue weighted by atomic mass is 10.1. The molecule has 0 aromatic heterocycles. The Hall–Kier alpha value is -1.75. The Morgan fingerprint density at radius 1 is 1.28 bits per heavy atom. The normalized spacial score (nSPS) is 25.6. The minimum absolute atomic E-state index is 0.0912. The first-order valence-corrected chi connectivity index (χ1v) is 9.18. The second-order valence-corrected chi connectivity index (χ2v) is 8.22. The number of halogens is 1. The lowest BCUT2D eigenvalue weighted by molar-refractivity contribution is -0.125. The molecular weight excluding hydrogens is 340 g/mol. The molecule has 1 aliphatic carbocycles. The van der Waals surface area contributed by atoms with Gasteiger partial charge in [0.25, 0.3) is 0 Å². The monoisotopic (exact) mass is 364 g/mol. The Bertz CT molecular complexity index is 671. The molecule has 5 nitrogen and oxygen atoms in total. The summed E-state index contributed by atoms with van der Waals surface area (Å²) in [6, 6.07) is 7.38. The zero-order valence-corrected chi connectivity index (χ0v) is 15.7. The summed E-state index contributed by atoms with van der Waals surface area (Å²) in [7, 11) is 0. The minimum Gasteiger partial charge on any atom is -0.444 e. The molecule has 2 amide bonds. The third kappa shape index (κ3) is 4.27. The average Bonchev–Trinajstić information content (AvgIpc) is 3.08. The molecule has 1 saturated carbocycles. The number of amides is 2. The maximum atomic E-state index is 12.6. The lowest BCUT2D eigenvalue weighted by Crippen LogP contribution is -2.48. The van der Waals surface area contributed by atoms with E-state index in [2.05, 4.69) is 5.32 Å². The van der Waals surface area contributed by atoms with Gasteiger partial charge in [0.15, 0.2) is 0 Å². The molecule has 2 aliphatic rings. The lowest BCUT2D eigenvalue weighted by Gasteiger charge is -2.28. The molecule has 25 heavy (non-hydrogen) atoms. The number of rotatable bonds is 3. The van der Waals surface area contributed by atoms with E-state index in [1.807, 2.05) is 45.0 Å². The van der Waals surface area contributed by atoms with Crippen LogP contribution in [0.25, 0.3) is 0 Å². The van der Waals surface area contributed by atoms with E-state index in [0.717, 1.165) is 23.4 Å². The fourth-order valence-electron chi connectivity index (χ4n) is 3.33. The number of benzene rings is 1. The van der Waals surface area contributed by atoms with Crippen molar-refractivity contribution < 1.29 is 14.3 Å². The molecule has 136 valence electrons. The molecule has 0 radical (unpaired) electrons.